The van der Waals surface area contributed by atoms with Gasteiger partial charge < -0.3 is 65.9 Å². The smallest absolute Gasteiger partial charge is 0.364 e. The van der Waals surface area contributed by atoms with Crippen molar-refractivity contribution in [2.24, 2.45) is 5.73 Å². The number of carbonyl (C=O) groups is 1. The monoisotopic (exact) mass is 429 g/mol. The summed E-state index contributed by atoms with van der Waals surface area (Å²) in [6, 6.07) is -1.39. The van der Waals surface area contributed by atoms with Crippen molar-refractivity contribution >= 4 is 5.97 Å². The molecule has 29 heavy (non-hydrogen) atoms. The van der Waals surface area contributed by atoms with E-state index in [1.165, 1.54) is 0 Å². The second kappa shape index (κ2) is 9.42. The van der Waals surface area contributed by atoms with Gasteiger partial charge in [-0.25, -0.2) is 4.79 Å². The number of aliphatic carboxylic acids is 1. The molecule has 2 fully saturated rings. The zero-order valence-corrected chi connectivity index (χ0v) is 15.1. The highest BCUT2D eigenvalue weighted by Crippen LogP contribution is 2.36. The van der Waals surface area contributed by atoms with Crippen molar-refractivity contribution in [3.8, 4) is 0 Å². The first kappa shape index (κ1) is 24.3. The molecule has 0 amide bonds. The lowest BCUT2D eigenvalue weighted by molar-refractivity contribution is -0.365. The fraction of sp³-hybridized carbons (Fsp3) is 0.933. The SMILES string of the molecule is N[C@H]1[C@H]([C@H](O)[C@H](O)CO)O[C@@](O[C@@H]2[C@@H](O)[C@H](O)O[C@H](CO)[C@@H]2O)(C(=O)O)C[C@@H]1O. The van der Waals surface area contributed by atoms with Crippen molar-refractivity contribution in [1.29, 1.82) is 0 Å². The van der Waals surface area contributed by atoms with Gasteiger partial charge in [-0.1, -0.05) is 0 Å². The minimum atomic E-state index is -2.78. The van der Waals surface area contributed by atoms with Crippen LogP contribution in [0.5, 0.6) is 0 Å². The number of aliphatic hydroxyl groups excluding tert-OH is 8. The zero-order chi connectivity index (χ0) is 22.1. The van der Waals surface area contributed by atoms with Crippen LogP contribution in [0.15, 0.2) is 0 Å². The van der Waals surface area contributed by atoms with Crippen molar-refractivity contribution in [2.75, 3.05) is 13.2 Å². The molecule has 0 aliphatic carbocycles. The van der Waals surface area contributed by atoms with Gasteiger partial charge in [0.05, 0.1) is 25.4 Å². The van der Waals surface area contributed by atoms with E-state index in [-0.39, 0.29) is 0 Å². The number of carboxylic acid groups (broad SMARTS) is 1. The highest BCUT2D eigenvalue weighted by atomic mass is 16.7. The van der Waals surface area contributed by atoms with Gasteiger partial charge in [-0.15, -0.1) is 0 Å². The molecule has 0 bridgehead atoms. The molecule has 0 aromatic carbocycles. The number of rotatable bonds is 7. The molecule has 0 spiro atoms. The van der Waals surface area contributed by atoms with Gasteiger partial charge in [-0.3, -0.25) is 0 Å². The summed E-state index contributed by atoms with van der Waals surface area (Å²) in [5, 5.41) is 87.9. The van der Waals surface area contributed by atoms with Crippen LogP contribution in [0, 0.1) is 0 Å². The summed E-state index contributed by atoms with van der Waals surface area (Å²) in [6.45, 7) is -1.73. The predicted molar refractivity (Wildman–Crippen MR) is 87.8 cm³/mol. The van der Waals surface area contributed by atoms with E-state index in [0.717, 1.165) is 0 Å². The Bertz CT molecular complexity index is 566. The number of carboxylic acids is 1. The summed E-state index contributed by atoms with van der Waals surface area (Å²) in [7, 11) is 0. The van der Waals surface area contributed by atoms with Crippen molar-refractivity contribution in [3.05, 3.63) is 0 Å². The molecule has 2 aliphatic rings. The van der Waals surface area contributed by atoms with Gasteiger partial charge in [0.1, 0.15) is 42.7 Å². The van der Waals surface area contributed by atoms with Gasteiger partial charge in [0, 0.05) is 6.42 Å². The van der Waals surface area contributed by atoms with Gasteiger partial charge in [-0.2, -0.15) is 0 Å². The molecule has 2 heterocycles. The average molecular weight is 429 g/mol. The summed E-state index contributed by atoms with van der Waals surface area (Å²) >= 11 is 0. The standard InChI is InChI=1S/C15H27NO13/c16-7-4(19)1-15(14(25)26,28-11(7)8(21)5(20)2-17)29-12-9(22)6(3-18)27-13(24)10(12)23/h4-13,17-24H,1-3,16H2,(H,25,26)/t4-,5+,6+,7+,8+,9-,10+,11+,12-,13+,15-/m0/s1. The Morgan fingerprint density at radius 1 is 1.17 bits per heavy atom. The maximum Gasteiger partial charge on any atom is 0.364 e. The number of hydrogen-bond acceptors (Lipinski definition) is 13. The quantitative estimate of drug-likeness (QED) is 0.181. The van der Waals surface area contributed by atoms with Gasteiger partial charge >= 0.3 is 5.97 Å². The lowest BCUT2D eigenvalue weighted by atomic mass is 9.89. The van der Waals surface area contributed by atoms with Gasteiger partial charge in [0.25, 0.3) is 5.79 Å². The lowest BCUT2D eigenvalue weighted by Crippen LogP contribution is -2.69. The molecule has 14 heteroatoms. The summed E-state index contributed by atoms with van der Waals surface area (Å²) in [5.41, 5.74) is 5.72. The molecular formula is C15H27NO13. The molecule has 0 saturated carbocycles. The zero-order valence-electron chi connectivity index (χ0n) is 15.1. The Hall–Kier alpha value is -1.01. The molecule has 0 aromatic heterocycles. The van der Waals surface area contributed by atoms with E-state index in [9.17, 15) is 45.6 Å². The third-order valence-electron chi connectivity index (χ3n) is 5.04. The fourth-order valence-corrected chi connectivity index (χ4v) is 3.29. The third kappa shape index (κ3) is 4.68. The predicted octanol–water partition coefficient (Wildman–Crippen LogP) is -6.22. The van der Waals surface area contributed by atoms with Crippen LogP contribution in [0.1, 0.15) is 6.42 Å². The minimum absolute atomic E-state index is 0.802. The first-order valence-corrected chi connectivity index (χ1v) is 8.79. The maximum atomic E-state index is 12.0. The summed E-state index contributed by atoms with van der Waals surface area (Å²) in [6.07, 6.45) is -16.9. The normalized spacial score (nSPS) is 45.6. The largest absolute Gasteiger partial charge is 0.477 e. The molecule has 2 saturated heterocycles. The fourth-order valence-electron chi connectivity index (χ4n) is 3.29. The van der Waals surface area contributed by atoms with Crippen LogP contribution in [0.4, 0.5) is 0 Å². The van der Waals surface area contributed by atoms with Crippen molar-refractivity contribution in [1.82, 2.24) is 0 Å². The average Bonchev–Trinajstić information content (AvgIpc) is 2.69. The van der Waals surface area contributed by atoms with Crippen LogP contribution in [0.25, 0.3) is 0 Å². The molecule has 0 unspecified atom stereocenters. The van der Waals surface area contributed by atoms with E-state index in [4.69, 9.17) is 25.1 Å². The Labute approximate surface area is 164 Å². The second-order valence-corrected chi connectivity index (χ2v) is 7.04. The Balaban J connectivity index is 2.35. The highest BCUT2D eigenvalue weighted by Gasteiger charge is 2.58. The van der Waals surface area contributed by atoms with Crippen LogP contribution in [-0.2, 0) is 19.0 Å². The van der Waals surface area contributed by atoms with Crippen LogP contribution in [0.2, 0.25) is 0 Å². The van der Waals surface area contributed by atoms with E-state index in [1.807, 2.05) is 0 Å². The van der Waals surface area contributed by atoms with Crippen molar-refractivity contribution in [3.63, 3.8) is 0 Å². The number of hydrogen-bond donors (Lipinski definition) is 10. The van der Waals surface area contributed by atoms with E-state index in [2.05, 4.69) is 0 Å². The minimum Gasteiger partial charge on any atom is -0.477 e. The molecule has 170 valence electrons. The molecule has 14 nitrogen and oxygen atoms in total. The van der Waals surface area contributed by atoms with Crippen LogP contribution in [-0.4, -0.2) is 132 Å². The maximum absolute atomic E-state index is 12.0. The van der Waals surface area contributed by atoms with Crippen molar-refractivity contribution in [2.45, 2.75) is 73.4 Å². The Morgan fingerprint density at radius 2 is 1.79 bits per heavy atom. The first-order chi connectivity index (χ1) is 13.5. The molecule has 11 atom stereocenters. The van der Waals surface area contributed by atoms with Crippen molar-refractivity contribution < 1.29 is 65.0 Å². The Kier molecular flexibility index (Phi) is 7.88. The van der Waals surface area contributed by atoms with E-state index < -0.39 is 92.6 Å². The molecule has 11 N–H and O–H groups in total. The molecular weight excluding hydrogens is 402 g/mol. The second-order valence-electron chi connectivity index (χ2n) is 7.04. The van der Waals surface area contributed by atoms with E-state index in [1.54, 1.807) is 0 Å². The molecule has 0 radical (unpaired) electrons. The topological polar surface area (TPSA) is 253 Å². The molecule has 2 rings (SSSR count). The summed E-state index contributed by atoms with van der Waals surface area (Å²) in [4.78, 5) is 12.0. The number of aliphatic hydroxyl groups is 8. The highest BCUT2D eigenvalue weighted by molar-refractivity contribution is 5.76. The van der Waals surface area contributed by atoms with Gasteiger partial charge in [0.15, 0.2) is 6.29 Å². The summed E-state index contributed by atoms with van der Waals surface area (Å²) in [5.74, 6) is -4.61. The van der Waals surface area contributed by atoms with Gasteiger partial charge in [-0.05, 0) is 0 Å². The van der Waals surface area contributed by atoms with E-state index in [0.29, 0.717) is 0 Å². The van der Waals surface area contributed by atoms with Gasteiger partial charge in [0.2, 0.25) is 0 Å². The third-order valence-corrected chi connectivity index (χ3v) is 5.04. The van der Waals surface area contributed by atoms with Crippen LogP contribution in [0.3, 0.4) is 0 Å². The van der Waals surface area contributed by atoms with E-state index >= 15 is 0 Å². The lowest BCUT2D eigenvalue weighted by Gasteiger charge is -2.48. The summed E-state index contributed by atoms with van der Waals surface area (Å²) < 4.78 is 15.3. The number of nitrogens with two attached hydrogens (primary N) is 1. The molecule has 2 aliphatic heterocycles. The number of ether oxygens (including phenoxy) is 3. The Morgan fingerprint density at radius 3 is 2.31 bits per heavy atom. The van der Waals surface area contributed by atoms with Crippen LogP contribution >= 0.6 is 0 Å². The first-order valence-electron chi connectivity index (χ1n) is 8.79. The molecule has 0 aromatic rings. The van der Waals surface area contributed by atoms with Crippen LogP contribution < -0.4 is 5.73 Å².